The van der Waals surface area contributed by atoms with E-state index in [9.17, 15) is 4.79 Å². The number of ether oxygens (including phenoxy) is 3. The minimum atomic E-state index is -0.424. The minimum Gasteiger partial charge on any atom is -0.466 e. The Morgan fingerprint density at radius 2 is 2.23 bits per heavy atom. The Morgan fingerprint density at radius 1 is 1.45 bits per heavy atom. The number of hydrogen-bond acceptors (Lipinski definition) is 5. The molecule has 0 amide bonds. The molecule has 3 rings (SSSR count). The number of nitrogens with one attached hydrogen (secondary N) is 2. The van der Waals surface area contributed by atoms with Crippen LogP contribution in [0.25, 0.3) is 0 Å². The number of hydrogen-bond donors (Lipinski definition) is 2. The van der Waals surface area contributed by atoms with Gasteiger partial charge in [-0.1, -0.05) is 0 Å². The second kappa shape index (κ2) is 5.77. The molecule has 1 atom stereocenters. The highest BCUT2D eigenvalue weighted by atomic mass is 79.9. The third kappa shape index (κ3) is 2.52. The van der Waals surface area contributed by atoms with Gasteiger partial charge in [-0.2, -0.15) is 0 Å². The molecule has 1 aromatic carbocycles. The molecule has 0 saturated carbocycles. The Balaban J connectivity index is 2.09. The number of fused-ring (bicyclic) bond motifs is 1. The molecule has 22 heavy (non-hydrogen) atoms. The minimum absolute atomic E-state index is 0.175. The Labute approximate surface area is 140 Å². The SMILES string of the molecule is COC(=O)C1=C(C)NC(=S)N[C@@H]1c1cc(Br)c2c(c1)OCO2. The molecular formula is C14H13BrN2O4S. The topological polar surface area (TPSA) is 68.8 Å². The number of esters is 1. The van der Waals surface area contributed by atoms with Gasteiger partial charge in [-0.3, -0.25) is 0 Å². The van der Waals surface area contributed by atoms with E-state index in [4.69, 9.17) is 26.4 Å². The van der Waals surface area contributed by atoms with Gasteiger partial charge in [0.15, 0.2) is 16.6 Å². The van der Waals surface area contributed by atoms with Crippen molar-refractivity contribution in [2.45, 2.75) is 13.0 Å². The van der Waals surface area contributed by atoms with Crippen LogP contribution in [0.2, 0.25) is 0 Å². The number of rotatable bonds is 2. The smallest absolute Gasteiger partial charge is 0.337 e. The first kappa shape index (κ1) is 15.1. The molecule has 2 heterocycles. The lowest BCUT2D eigenvalue weighted by Gasteiger charge is -2.29. The van der Waals surface area contributed by atoms with Crippen molar-refractivity contribution >= 4 is 39.2 Å². The van der Waals surface area contributed by atoms with Crippen molar-refractivity contribution in [2.24, 2.45) is 0 Å². The molecule has 0 spiro atoms. The molecule has 6 nitrogen and oxygen atoms in total. The van der Waals surface area contributed by atoms with Crippen LogP contribution in [0, 0.1) is 0 Å². The zero-order chi connectivity index (χ0) is 15.9. The fraction of sp³-hybridized carbons (Fsp3) is 0.286. The van der Waals surface area contributed by atoms with E-state index in [0.717, 1.165) is 10.0 Å². The molecule has 0 saturated heterocycles. The standard InChI is InChI=1S/C14H13BrN2O4S/c1-6-10(13(18)19-2)11(17-14(22)16-6)7-3-8(15)12-9(4-7)20-5-21-12/h3-4,11H,5H2,1-2H3,(H2,16,17,22)/t11-/m1/s1. The molecule has 116 valence electrons. The molecule has 0 unspecified atom stereocenters. The maximum absolute atomic E-state index is 12.1. The predicted molar refractivity (Wildman–Crippen MR) is 86.6 cm³/mol. The molecular weight excluding hydrogens is 372 g/mol. The highest BCUT2D eigenvalue weighted by Gasteiger charge is 2.32. The zero-order valence-electron chi connectivity index (χ0n) is 11.9. The van der Waals surface area contributed by atoms with E-state index >= 15 is 0 Å². The van der Waals surface area contributed by atoms with Crippen molar-refractivity contribution in [3.05, 3.63) is 33.4 Å². The summed E-state index contributed by atoms with van der Waals surface area (Å²) in [5.41, 5.74) is 1.95. The Kier molecular flexibility index (Phi) is 3.96. The number of thiocarbonyl (C=S) groups is 1. The van der Waals surface area contributed by atoms with Gasteiger partial charge in [0.05, 0.1) is 23.2 Å². The summed E-state index contributed by atoms with van der Waals surface area (Å²) in [6.45, 7) is 1.96. The highest BCUT2D eigenvalue weighted by Crippen LogP contribution is 2.42. The van der Waals surface area contributed by atoms with E-state index < -0.39 is 12.0 Å². The van der Waals surface area contributed by atoms with Crippen LogP contribution in [0.3, 0.4) is 0 Å². The summed E-state index contributed by atoms with van der Waals surface area (Å²) in [5.74, 6) is 0.858. The van der Waals surface area contributed by atoms with E-state index in [1.807, 2.05) is 12.1 Å². The Bertz CT molecular complexity index is 704. The molecule has 8 heteroatoms. The van der Waals surface area contributed by atoms with E-state index in [2.05, 4.69) is 26.6 Å². The van der Waals surface area contributed by atoms with Gasteiger partial charge < -0.3 is 24.8 Å². The fourth-order valence-corrected chi connectivity index (χ4v) is 3.32. The summed E-state index contributed by atoms with van der Waals surface area (Å²) in [6.07, 6.45) is 0. The number of allylic oxidation sites excluding steroid dienone is 1. The zero-order valence-corrected chi connectivity index (χ0v) is 14.3. The lowest BCUT2D eigenvalue weighted by atomic mass is 9.95. The third-order valence-electron chi connectivity index (χ3n) is 3.46. The summed E-state index contributed by atoms with van der Waals surface area (Å²) in [5, 5.41) is 6.48. The molecule has 0 aromatic heterocycles. The van der Waals surface area contributed by atoms with Gasteiger partial charge in [0.25, 0.3) is 0 Å². The molecule has 2 aliphatic rings. The first-order valence-corrected chi connectivity index (χ1v) is 7.67. The maximum atomic E-state index is 12.1. The Morgan fingerprint density at radius 3 is 2.95 bits per heavy atom. The predicted octanol–water partition coefficient (Wildman–Crippen LogP) is 2.14. The van der Waals surface area contributed by atoms with Crippen LogP contribution >= 0.6 is 28.1 Å². The normalized spacial score (nSPS) is 19.6. The monoisotopic (exact) mass is 384 g/mol. The maximum Gasteiger partial charge on any atom is 0.337 e. The van der Waals surface area contributed by atoms with Gasteiger partial charge in [0, 0.05) is 5.70 Å². The lowest BCUT2D eigenvalue weighted by molar-refractivity contribution is -0.136. The average Bonchev–Trinajstić information content (AvgIpc) is 2.94. The molecule has 1 aromatic rings. The van der Waals surface area contributed by atoms with Gasteiger partial charge in [-0.15, -0.1) is 0 Å². The lowest BCUT2D eigenvalue weighted by Crippen LogP contribution is -2.45. The van der Waals surface area contributed by atoms with Gasteiger partial charge in [0.1, 0.15) is 0 Å². The number of carbonyl (C=O) groups is 1. The summed E-state index contributed by atoms with van der Waals surface area (Å²) in [4.78, 5) is 12.1. The number of methoxy groups -OCH3 is 1. The summed E-state index contributed by atoms with van der Waals surface area (Å²) >= 11 is 8.65. The third-order valence-corrected chi connectivity index (χ3v) is 4.27. The first-order chi connectivity index (χ1) is 10.5. The number of carbonyl (C=O) groups excluding carboxylic acids is 1. The van der Waals surface area contributed by atoms with Crippen molar-refractivity contribution in [3.63, 3.8) is 0 Å². The van der Waals surface area contributed by atoms with Gasteiger partial charge in [0.2, 0.25) is 6.79 Å². The van der Waals surface area contributed by atoms with Crippen molar-refractivity contribution in [3.8, 4) is 11.5 Å². The first-order valence-electron chi connectivity index (χ1n) is 6.47. The largest absolute Gasteiger partial charge is 0.466 e. The highest BCUT2D eigenvalue weighted by molar-refractivity contribution is 9.10. The van der Waals surface area contributed by atoms with Crippen molar-refractivity contribution < 1.29 is 19.0 Å². The van der Waals surface area contributed by atoms with Gasteiger partial charge in [-0.05, 0) is 52.8 Å². The molecule has 0 radical (unpaired) electrons. The van der Waals surface area contributed by atoms with Crippen LogP contribution in [0.1, 0.15) is 18.5 Å². The molecule has 2 N–H and O–H groups in total. The van der Waals surface area contributed by atoms with Crippen LogP contribution in [0.15, 0.2) is 27.9 Å². The molecule has 2 aliphatic heterocycles. The van der Waals surface area contributed by atoms with Crippen LogP contribution in [-0.2, 0) is 9.53 Å². The van der Waals surface area contributed by atoms with E-state index in [0.29, 0.717) is 27.9 Å². The second-order valence-corrected chi connectivity index (χ2v) is 6.06. The average molecular weight is 385 g/mol. The van der Waals surface area contributed by atoms with Crippen LogP contribution in [0.4, 0.5) is 0 Å². The Hall–Kier alpha value is -1.80. The number of halogens is 1. The van der Waals surface area contributed by atoms with E-state index in [1.54, 1.807) is 6.92 Å². The second-order valence-electron chi connectivity index (χ2n) is 4.80. The van der Waals surface area contributed by atoms with E-state index in [1.165, 1.54) is 7.11 Å². The summed E-state index contributed by atoms with van der Waals surface area (Å²) in [6, 6.07) is 3.27. The van der Waals surface area contributed by atoms with Crippen molar-refractivity contribution in [1.29, 1.82) is 0 Å². The summed E-state index contributed by atoms with van der Waals surface area (Å²) in [7, 11) is 1.35. The summed E-state index contributed by atoms with van der Waals surface area (Å²) < 4.78 is 16.4. The number of benzene rings is 1. The van der Waals surface area contributed by atoms with Crippen molar-refractivity contribution in [2.75, 3.05) is 13.9 Å². The van der Waals surface area contributed by atoms with E-state index in [-0.39, 0.29) is 6.79 Å². The molecule has 0 bridgehead atoms. The molecule has 0 fully saturated rings. The van der Waals surface area contributed by atoms with Gasteiger partial charge in [-0.25, -0.2) is 4.79 Å². The molecule has 0 aliphatic carbocycles. The van der Waals surface area contributed by atoms with Crippen LogP contribution in [0.5, 0.6) is 11.5 Å². The van der Waals surface area contributed by atoms with Crippen LogP contribution < -0.4 is 20.1 Å². The van der Waals surface area contributed by atoms with Crippen LogP contribution in [-0.4, -0.2) is 25.0 Å². The van der Waals surface area contributed by atoms with Crippen molar-refractivity contribution in [1.82, 2.24) is 10.6 Å². The quantitative estimate of drug-likeness (QED) is 0.597. The van der Waals surface area contributed by atoms with Gasteiger partial charge >= 0.3 is 5.97 Å². The fourth-order valence-electron chi connectivity index (χ4n) is 2.48.